The van der Waals surface area contributed by atoms with E-state index in [1.54, 1.807) is 6.07 Å². The van der Waals surface area contributed by atoms with E-state index in [1.165, 1.54) is 7.11 Å². The van der Waals surface area contributed by atoms with E-state index in [0.717, 1.165) is 10.0 Å². The number of aliphatic hydroxyl groups is 1. The number of methoxy groups -OCH3 is 1. The second-order valence-electron chi connectivity index (χ2n) is 5.14. The molecular formula is C15H23BrN2O4. The summed E-state index contributed by atoms with van der Waals surface area (Å²) in [6.45, 7) is 5.09. The van der Waals surface area contributed by atoms with E-state index in [2.05, 4.69) is 31.3 Å². The number of amides is 1. The van der Waals surface area contributed by atoms with Crippen molar-refractivity contribution in [3.05, 3.63) is 28.2 Å². The van der Waals surface area contributed by atoms with Gasteiger partial charge in [0, 0.05) is 19.1 Å². The van der Waals surface area contributed by atoms with Crippen LogP contribution in [0.5, 0.6) is 5.75 Å². The third-order valence-corrected chi connectivity index (χ3v) is 3.43. The third kappa shape index (κ3) is 7.11. The van der Waals surface area contributed by atoms with Crippen molar-refractivity contribution in [2.45, 2.75) is 32.5 Å². The Bertz CT molecular complexity index is 483. The predicted molar refractivity (Wildman–Crippen MR) is 88.0 cm³/mol. The number of benzene rings is 1. The summed E-state index contributed by atoms with van der Waals surface area (Å²) in [6, 6.07) is 5.81. The minimum absolute atomic E-state index is 0.206. The molecule has 22 heavy (non-hydrogen) atoms. The highest BCUT2D eigenvalue weighted by molar-refractivity contribution is 9.10. The van der Waals surface area contributed by atoms with Gasteiger partial charge in [0.2, 0.25) is 0 Å². The second-order valence-corrected chi connectivity index (χ2v) is 5.99. The van der Waals surface area contributed by atoms with E-state index < -0.39 is 12.2 Å². The molecular weight excluding hydrogens is 352 g/mol. The molecule has 1 aromatic rings. The van der Waals surface area contributed by atoms with Crippen LogP contribution in [-0.4, -0.2) is 43.6 Å². The van der Waals surface area contributed by atoms with Gasteiger partial charge in [0.15, 0.2) is 0 Å². The van der Waals surface area contributed by atoms with E-state index in [1.807, 2.05) is 26.0 Å². The lowest BCUT2D eigenvalue weighted by Crippen LogP contribution is -2.35. The van der Waals surface area contributed by atoms with Crippen molar-refractivity contribution in [3.63, 3.8) is 0 Å². The number of ether oxygens (including phenoxy) is 2. The number of carbonyl (C=O) groups is 1. The monoisotopic (exact) mass is 374 g/mol. The van der Waals surface area contributed by atoms with Crippen LogP contribution in [0.15, 0.2) is 22.7 Å². The molecule has 0 aliphatic heterocycles. The van der Waals surface area contributed by atoms with Crippen molar-refractivity contribution in [2.24, 2.45) is 0 Å². The quantitative estimate of drug-likeness (QED) is 0.648. The van der Waals surface area contributed by atoms with Crippen LogP contribution in [0, 0.1) is 0 Å². The maximum Gasteiger partial charge on any atom is 0.407 e. The molecule has 1 rings (SSSR count). The Labute approximate surface area is 139 Å². The largest absolute Gasteiger partial charge is 0.490 e. The molecule has 124 valence electrons. The second kappa shape index (κ2) is 9.66. The first kappa shape index (κ1) is 18.7. The van der Waals surface area contributed by atoms with Crippen LogP contribution in [0.25, 0.3) is 0 Å². The van der Waals surface area contributed by atoms with Gasteiger partial charge in [0.25, 0.3) is 0 Å². The highest BCUT2D eigenvalue weighted by Crippen LogP contribution is 2.26. The average Bonchev–Trinajstić information content (AvgIpc) is 2.49. The number of hydrogen-bond acceptors (Lipinski definition) is 5. The van der Waals surface area contributed by atoms with Gasteiger partial charge in [-0.3, -0.25) is 0 Å². The summed E-state index contributed by atoms with van der Waals surface area (Å²) < 4.78 is 10.9. The van der Waals surface area contributed by atoms with Crippen molar-refractivity contribution in [3.8, 4) is 5.75 Å². The van der Waals surface area contributed by atoms with Gasteiger partial charge in [0.05, 0.1) is 11.6 Å². The number of aliphatic hydroxyl groups excluding tert-OH is 1. The van der Waals surface area contributed by atoms with E-state index in [4.69, 9.17) is 4.74 Å². The molecule has 0 bridgehead atoms. The van der Waals surface area contributed by atoms with Crippen LogP contribution in [0.4, 0.5) is 4.79 Å². The molecule has 0 fully saturated rings. The zero-order chi connectivity index (χ0) is 16.5. The lowest BCUT2D eigenvalue weighted by Gasteiger charge is -2.16. The minimum Gasteiger partial charge on any atom is -0.490 e. The summed E-state index contributed by atoms with van der Waals surface area (Å²) in [7, 11) is 1.32. The first-order valence-electron chi connectivity index (χ1n) is 7.07. The van der Waals surface area contributed by atoms with Gasteiger partial charge in [0.1, 0.15) is 18.5 Å². The zero-order valence-corrected chi connectivity index (χ0v) is 14.6. The zero-order valence-electron chi connectivity index (χ0n) is 13.1. The summed E-state index contributed by atoms with van der Waals surface area (Å²) in [6.07, 6.45) is -1.05. The molecule has 0 radical (unpaired) electrons. The number of carbonyl (C=O) groups excluding carboxylic acids is 1. The first-order chi connectivity index (χ1) is 10.4. The van der Waals surface area contributed by atoms with Gasteiger partial charge in [-0.2, -0.15) is 0 Å². The molecule has 1 atom stereocenters. The Kier molecular flexibility index (Phi) is 8.22. The van der Waals surface area contributed by atoms with E-state index in [9.17, 15) is 9.90 Å². The van der Waals surface area contributed by atoms with Gasteiger partial charge < -0.3 is 25.2 Å². The molecule has 6 nitrogen and oxygen atoms in total. The van der Waals surface area contributed by atoms with Gasteiger partial charge in [-0.25, -0.2) is 4.79 Å². The summed E-state index contributed by atoms with van der Waals surface area (Å²) in [4.78, 5) is 11.0. The van der Waals surface area contributed by atoms with Gasteiger partial charge in [-0.15, -0.1) is 0 Å². The third-order valence-electron chi connectivity index (χ3n) is 2.81. The summed E-state index contributed by atoms with van der Waals surface area (Å²) in [5.41, 5.74) is 0.909. The number of hydrogen-bond donors (Lipinski definition) is 3. The molecule has 0 aliphatic rings. The van der Waals surface area contributed by atoms with Crippen molar-refractivity contribution >= 4 is 22.0 Å². The molecule has 3 N–H and O–H groups in total. The molecule has 0 aromatic heterocycles. The van der Waals surface area contributed by atoms with Crippen LogP contribution >= 0.6 is 15.9 Å². The number of alkyl carbamates (subject to hydrolysis) is 1. The summed E-state index contributed by atoms with van der Waals surface area (Å²) in [5.74, 6) is 0.644. The molecule has 0 aliphatic carbocycles. The maximum absolute atomic E-state index is 11.0. The van der Waals surface area contributed by atoms with Crippen molar-refractivity contribution in [1.82, 2.24) is 10.6 Å². The van der Waals surface area contributed by atoms with Crippen LogP contribution in [0.3, 0.4) is 0 Å². The Morgan fingerprint density at radius 1 is 1.41 bits per heavy atom. The molecule has 0 saturated carbocycles. The maximum atomic E-state index is 11.0. The topological polar surface area (TPSA) is 79.8 Å². The highest BCUT2D eigenvalue weighted by Gasteiger charge is 2.09. The van der Waals surface area contributed by atoms with Crippen LogP contribution in [-0.2, 0) is 11.3 Å². The fraction of sp³-hybridized carbons (Fsp3) is 0.533. The standard InChI is InChI=1S/C15H23BrN2O4/c1-10(2)17-8-12(19)9-22-14-5-4-11(6-13(14)16)7-18-15(20)21-3/h4-6,10,12,17,19H,7-9H2,1-3H3,(H,18,20). The van der Waals surface area contributed by atoms with Gasteiger partial charge in [-0.05, 0) is 33.6 Å². The molecule has 0 spiro atoms. The summed E-state index contributed by atoms with van der Waals surface area (Å²) >= 11 is 3.42. The van der Waals surface area contributed by atoms with Gasteiger partial charge >= 0.3 is 6.09 Å². The smallest absolute Gasteiger partial charge is 0.407 e. The normalized spacial score (nSPS) is 12.1. The molecule has 0 heterocycles. The molecule has 0 saturated heterocycles. The molecule has 1 aromatic carbocycles. The fourth-order valence-corrected chi connectivity index (χ4v) is 2.18. The van der Waals surface area contributed by atoms with Crippen LogP contribution in [0.2, 0.25) is 0 Å². The van der Waals surface area contributed by atoms with Crippen molar-refractivity contribution in [1.29, 1.82) is 0 Å². The van der Waals surface area contributed by atoms with E-state index in [-0.39, 0.29) is 6.61 Å². The Morgan fingerprint density at radius 2 is 2.14 bits per heavy atom. The predicted octanol–water partition coefficient (Wildman–Crippen LogP) is 2.04. The van der Waals surface area contributed by atoms with Gasteiger partial charge in [-0.1, -0.05) is 19.9 Å². The fourth-order valence-electron chi connectivity index (χ4n) is 1.63. The highest BCUT2D eigenvalue weighted by atomic mass is 79.9. The lowest BCUT2D eigenvalue weighted by molar-refractivity contribution is 0.104. The number of rotatable bonds is 8. The average molecular weight is 375 g/mol. The van der Waals surface area contributed by atoms with Crippen LogP contribution in [0.1, 0.15) is 19.4 Å². The number of nitrogens with one attached hydrogen (secondary N) is 2. The summed E-state index contributed by atoms with van der Waals surface area (Å²) in [5, 5.41) is 15.6. The molecule has 7 heteroatoms. The van der Waals surface area contributed by atoms with Crippen molar-refractivity contribution in [2.75, 3.05) is 20.3 Å². The lowest BCUT2D eigenvalue weighted by atomic mass is 10.2. The SMILES string of the molecule is COC(=O)NCc1ccc(OCC(O)CNC(C)C)c(Br)c1. The van der Waals surface area contributed by atoms with E-state index in [0.29, 0.717) is 24.9 Å². The minimum atomic E-state index is -0.574. The Balaban J connectivity index is 2.46. The Morgan fingerprint density at radius 3 is 2.73 bits per heavy atom. The number of halogens is 1. The van der Waals surface area contributed by atoms with Crippen LogP contribution < -0.4 is 15.4 Å². The molecule has 1 unspecified atom stereocenters. The van der Waals surface area contributed by atoms with E-state index >= 15 is 0 Å². The van der Waals surface area contributed by atoms with Crippen molar-refractivity contribution < 1.29 is 19.4 Å². The molecule has 1 amide bonds. The first-order valence-corrected chi connectivity index (χ1v) is 7.86. The Hall–Kier alpha value is -1.31.